The van der Waals surface area contributed by atoms with Crippen LogP contribution < -0.4 is 0 Å². The van der Waals surface area contributed by atoms with E-state index in [-0.39, 0.29) is 5.91 Å². The molecule has 0 radical (unpaired) electrons. The van der Waals surface area contributed by atoms with Crippen molar-refractivity contribution in [2.45, 2.75) is 13.1 Å². The van der Waals surface area contributed by atoms with Crippen molar-refractivity contribution >= 4 is 17.2 Å². The van der Waals surface area contributed by atoms with E-state index in [1.54, 1.807) is 0 Å². The van der Waals surface area contributed by atoms with E-state index in [0.29, 0.717) is 13.1 Å². The minimum atomic E-state index is 0.0858. The predicted octanol–water partition coefficient (Wildman–Crippen LogP) is 4.59. The maximum absolute atomic E-state index is 12.8. The van der Waals surface area contributed by atoms with Crippen molar-refractivity contribution in [1.29, 1.82) is 0 Å². The van der Waals surface area contributed by atoms with Gasteiger partial charge < -0.3 is 4.90 Å². The van der Waals surface area contributed by atoms with Crippen LogP contribution in [0.5, 0.6) is 0 Å². The number of thiophene rings is 1. The first kappa shape index (κ1) is 14.5. The SMILES string of the molecule is O=C(c1cccs1)N(Cc1ccccc1)Cc1ccccc1. The van der Waals surface area contributed by atoms with Crippen molar-refractivity contribution < 1.29 is 4.79 Å². The second-order valence-corrected chi connectivity index (χ2v) is 6.06. The standard InChI is InChI=1S/C19H17NOS/c21-19(18-12-7-13-22-18)20(14-16-8-3-1-4-9-16)15-17-10-5-2-6-11-17/h1-13H,14-15H2. The van der Waals surface area contributed by atoms with E-state index < -0.39 is 0 Å². The zero-order valence-electron chi connectivity index (χ0n) is 12.2. The molecule has 110 valence electrons. The van der Waals surface area contributed by atoms with Gasteiger partial charge in [0.05, 0.1) is 4.88 Å². The molecule has 0 aliphatic rings. The van der Waals surface area contributed by atoms with Crippen LogP contribution in [-0.4, -0.2) is 10.8 Å². The van der Waals surface area contributed by atoms with Crippen LogP contribution in [0.4, 0.5) is 0 Å². The van der Waals surface area contributed by atoms with E-state index in [2.05, 4.69) is 24.3 Å². The highest BCUT2D eigenvalue weighted by molar-refractivity contribution is 7.12. The maximum atomic E-state index is 12.8. The van der Waals surface area contributed by atoms with Crippen LogP contribution in [0.1, 0.15) is 20.8 Å². The van der Waals surface area contributed by atoms with Crippen molar-refractivity contribution in [1.82, 2.24) is 4.90 Å². The van der Waals surface area contributed by atoms with E-state index in [9.17, 15) is 4.79 Å². The molecule has 3 heteroatoms. The van der Waals surface area contributed by atoms with Crippen molar-refractivity contribution in [2.75, 3.05) is 0 Å². The largest absolute Gasteiger partial charge is 0.329 e. The summed E-state index contributed by atoms with van der Waals surface area (Å²) in [4.78, 5) is 15.4. The summed E-state index contributed by atoms with van der Waals surface area (Å²) in [5.41, 5.74) is 2.28. The number of carbonyl (C=O) groups is 1. The van der Waals surface area contributed by atoms with Crippen LogP contribution in [0.2, 0.25) is 0 Å². The molecule has 3 rings (SSSR count). The Morgan fingerprint density at radius 1 is 0.773 bits per heavy atom. The molecule has 0 fully saturated rings. The molecule has 22 heavy (non-hydrogen) atoms. The van der Waals surface area contributed by atoms with Gasteiger partial charge in [0.25, 0.3) is 5.91 Å². The summed E-state index contributed by atoms with van der Waals surface area (Å²) >= 11 is 1.49. The van der Waals surface area contributed by atoms with Crippen LogP contribution >= 0.6 is 11.3 Å². The first-order chi connectivity index (χ1) is 10.8. The summed E-state index contributed by atoms with van der Waals surface area (Å²) in [5.74, 6) is 0.0858. The maximum Gasteiger partial charge on any atom is 0.264 e. The van der Waals surface area contributed by atoms with Gasteiger partial charge in [0, 0.05) is 13.1 Å². The lowest BCUT2D eigenvalue weighted by molar-refractivity contribution is 0.0735. The molecule has 3 aromatic rings. The zero-order chi connectivity index (χ0) is 15.2. The van der Waals surface area contributed by atoms with Crippen molar-refractivity contribution in [3.63, 3.8) is 0 Å². The van der Waals surface area contributed by atoms with Crippen LogP contribution in [0.3, 0.4) is 0 Å². The molecular weight excluding hydrogens is 290 g/mol. The van der Waals surface area contributed by atoms with Gasteiger partial charge in [-0.15, -0.1) is 11.3 Å². The highest BCUT2D eigenvalue weighted by Crippen LogP contribution is 2.17. The Kier molecular flexibility index (Phi) is 4.66. The number of hydrogen-bond acceptors (Lipinski definition) is 2. The summed E-state index contributed by atoms with van der Waals surface area (Å²) in [6.07, 6.45) is 0. The van der Waals surface area contributed by atoms with E-state index in [1.807, 2.05) is 58.8 Å². The van der Waals surface area contributed by atoms with E-state index in [4.69, 9.17) is 0 Å². The Balaban J connectivity index is 1.83. The number of nitrogens with zero attached hydrogens (tertiary/aromatic N) is 1. The number of benzene rings is 2. The summed E-state index contributed by atoms with van der Waals surface area (Å²) < 4.78 is 0. The molecule has 0 saturated heterocycles. The lowest BCUT2D eigenvalue weighted by Gasteiger charge is -2.22. The lowest BCUT2D eigenvalue weighted by Crippen LogP contribution is -2.29. The molecule has 2 nitrogen and oxygen atoms in total. The van der Waals surface area contributed by atoms with Crippen molar-refractivity contribution in [3.8, 4) is 0 Å². The van der Waals surface area contributed by atoms with Gasteiger partial charge in [-0.1, -0.05) is 66.7 Å². The Morgan fingerprint density at radius 3 is 1.77 bits per heavy atom. The first-order valence-electron chi connectivity index (χ1n) is 7.23. The van der Waals surface area contributed by atoms with Crippen LogP contribution in [0.25, 0.3) is 0 Å². The molecule has 0 bridgehead atoms. The van der Waals surface area contributed by atoms with Crippen molar-refractivity contribution in [3.05, 3.63) is 94.2 Å². The molecular formula is C19H17NOS. The molecule has 0 N–H and O–H groups in total. The Hall–Kier alpha value is -2.39. The minimum absolute atomic E-state index is 0.0858. The van der Waals surface area contributed by atoms with E-state index >= 15 is 0 Å². The Labute approximate surface area is 134 Å². The van der Waals surface area contributed by atoms with Crippen molar-refractivity contribution in [2.24, 2.45) is 0 Å². The summed E-state index contributed by atoms with van der Waals surface area (Å²) in [7, 11) is 0. The van der Waals surface area contributed by atoms with Gasteiger partial charge in [-0.2, -0.15) is 0 Å². The summed E-state index contributed by atoms with van der Waals surface area (Å²) in [6, 6.07) is 24.0. The third kappa shape index (κ3) is 3.62. The Morgan fingerprint density at radius 2 is 1.32 bits per heavy atom. The monoisotopic (exact) mass is 307 g/mol. The molecule has 0 unspecified atom stereocenters. The molecule has 1 amide bonds. The van der Waals surface area contributed by atoms with Crippen LogP contribution in [0.15, 0.2) is 78.2 Å². The fourth-order valence-electron chi connectivity index (χ4n) is 2.36. The second kappa shape index (κ2) is 7.05. The average Bonchev–Trinajstić information content (AvgIpc) is 3.10. The first-order valence-corrected chi connectivity index (χ1v) is 8.11. The summed E-state index contributed by atoms with van der Waals surface area (Å²) in [5, 5.41) is 1.94. The minimum Gasteiger partial charge on any atom is -0.329 e. The van der Waals surface area contributed by atoms with Gasteiger partial charge in [0.2, 0.25) is 0 Å². The number of hydrogen-bond donors (Lipinski definition) is 0. The second-order valence-electron chi connectivity index (χ2n) is 5.11. The molecule has 0 atom stereocenters. The lowest BCUT2D eigenvalue weighted by atomic mass is 10.1. The number of rotatable bonds is 5. The number of carbonyl (C=O) groups excluding carboxylic acids is 1. The molecule has 0 aliphatic carbocycles. The molecule has 1 aromatic heterocycles. The highest BCUT2D eigenvalue weighted by atomic mass is 32.1. The molecule has 0 saturated carbocycles. The molecule has 0 spiro atoms. The van der Waals surface area contributed by atoms with Gasteiger partial charge in [-0.25, -0.2) is 0 Å². The topological polar surface area (TPSA) is 20.3 Å². The smallest absolute Gasteiger partial charge is 0.264 e. The van der Waals surface area contributed by atoms with Gasteiger partial charge >= 0.3 is 0 Å². The fraction of sp³-hybridized carbons (Fsp3) is 0.105. The number of amides is 1. The van der Waals surface area contributed by atoms with E-state index in [1.165, 1.54) is 11.3 Å². The molecule has 2 aromatic carbocycles. The van der Waals surface area contributed by atoms with Gasteiger partial charge in [-0.3, -0.25) is 4.79 Å². The molecule has 0 aliphatic heterocycles. The van der Waals surface area contributed by atoms with Gasteiger partial charge in [0.1, 0.15) is 0 Å². The Bertz CT molecular complexity index is 666. The van der Waals surface area contributed by atoms with Crippen LogP contribution in [-0.2, 0) is 13.1 Å². The third-order valence-electron chi connectivity index (χ3n) is 3.45. The van der Waals surface area contributed by atoms with E-state index in [0.717, 1.165) is 16.0 Å². The average molecular weight is 307 g/mol. The summed E-state index contributed by atoms with van der Waals surface area (Å²) in [6.45, 7) is 1.24. The van der Waals surface area contributed by atoms with Gasteiger partial charge in [0.15, 0.2) is 0 Å². The fourth-order valence-corrected chi connectivity index (χ4v) is 3.05. The zero-order valence-corrected chi connectivity index (χ0v) is 13.0. The van der Waals surface area contributed by atoms with Gasteiger partial charge in [-0.05, 0) is 22.6 Å². The highest BCUT2D eigenvalue weighted by Gasteiger charge is 2.17. The predicted molar refractivity (Wildman–Crippen MR) is 90.8 cm³/mol. The quantitative estimate of drug-likeness (QED) is 0.675. The van der Waals surface area contributed by atoms with Crippen LogP contribution in [0, 0.1) is 0 Å². The molecule has 1 heterocycles. The third-order valence-corrected chi connectivity index (χ3v) is 4.31. The normalized spacial score (nSPS) is 10.4.